The lowest BCUT2D eigenvalue weighted by atomic mass is 9.98. The van der Waals surface area contributed by atoms with E-state index in [0.29, 0.717) is 19.4 Å². The highest BCUT2D eigenvalue weighted by molar-refractivity contribution is 5.81. The summed E-state index contributed by atoms with van der Waals surface area (Å²) in [5, 5.41) is 12.4. The largest absolute Gasteiger partial charge is 0.480 e. The summed E-state index contributed by atoms with van der Waals surface area (Å²) in [6.45, 7) is 6.14. The fourth-order valence-corrected chi connectivity index (χ4v) is 4.33. The predicted octanol–water partition coefficient (Wildman–Crippen LogP) is 4.42. The number of benzene rings is 2. The number of aliphatic carboxylic acids is 1. The van der Waals surface area contributed by atoms with E-state index in [1.165, 1.54) is 7.05 Å². The number of carbonyl (C=O) groups excluding carboxylic acids is 2. The lowest BCUT2D eigenvalue weighted by Gasteiger charge is -2.25. The van der Waals surface area contributed by atoms with Gasteiger partial charge in [-0.15, -0.1) is 0 Å². The van der Waals surface area contributed by atoms with Crippen LogP contribution in [0.3, 0.4) is 0 Å². The summed E-state index contributed by atoms with van der Waals surface area (Å²) in [7, 11) is 1.45. The first-order valence-corrected chi connectivity index (χ1v) is 12.3. The molecule has 0 aromatic heterocycles. The van der Waals surface area contributed by atoms with Gasteiger partial charge in [-0.25, -0.2) is 9.59 Å². The predicted molar refractivity (Wildman–Crippen MR) is 137 cm³/mol. The van der Waals surface area contributed by atoms with Crippen LogP contribution in [0.15, 0.2) is 48.5 Å². The Morgan fingerprint density at radius 1 is 1.00 bits per heavy atom. The number of hydrogen-bond donors (Lipinski definition) is 2. The van der Waals surface area contributed by atoms with Crippen LogP contribution in [0.25, 0.3) is 11.1 Å². The van der Waals surface area contributed by atoms with Crippen molar-refractivity contribution in [2.75, 3.05) is 26.8 Å². The van der Waals surface area contributed by atoms with E-state index in [4.69, 9.17) is 9.47 Å². The average molecular weight is 497 g/mol. The first-order chi connectivity index (χ1) is 17.1. The van der Waals surface area contributed by atoms with Gasteiger partial charge in [0.25, 0.3) is 0 Å². The summed E-state index contributed by atoms with van der Waals surface area (Å²) in [6, 6.07) is 15.1. The summed E-state index contributed by atoms with van der Waals surface area (Å²) in [6.07, 6.45) is 0.698. The second kappa shape index (κ2) is 12.0. The fourth-order valence-electron chi connectivity index (χ4n) is 4.33. The molecule has 8 nitrogen and oxygen atoms in total. The maximum Gasteiger partial charge on any atom is 0.410 e. The van der Waals surface area contributed by atoms with Crippen molar-refractivity contribution in [3.8, 4) is 11.1 Å². The second-order valence-electron chi connectivity index (χ2n) is 10.0. The van der Waals surface area contributed by atoms with E-state index in [9.17, 15) is 19.5 Å². The van der Waals surface area contributed by atoms with Crippen LogP contribution in [-0.2, 0) is 19.1 Å². The van der Waals surface area contributed by atoms with Gasteiger partial charge < -0.3 is 19.9 Å². The number of amides is 2. The molecule has 8 heteroatoms. The van der Waals surface area contributed by atoms with E-state index in [2.05, 4.69) is 17.4 Å². The normalized spacial score (nSPS) is 13.4. The molecule has 0 aliphatic heterocycles. The molecule has 0 unspecified atom stereocenters. The van der Waals surface area contributed by atoms with Gasteiger partial charge in [0.2, 0.25) is 5.91 Å². The maximum absolute atomic E-state index is 12.8. The standard InChI is InChI=1S/C28H36N2O6/c1-28(2,3)36-18-25(31)29-16-10-9-15-24(26(32)33)30(4)27(34)35-17-23-21-13-7-5-11-19(21)20-12-6-8-14-22(20)23/h5-8,11-14,23-24H,9-10,15-18H2,1-4H3,(H,29,31)(H,32,33)/t24-/m0/s1. The van der Waals surface area contributed by atoms with Crippen molar-refractivity contribution in [2.24, 2.45) is 0 Å². The fraction of sp³-hybridized carbons (Fsp3) is 0.464. The average Bonchev–Trinajstić information content (AvgIpc) is 3.16. The van der Waals surface area contributed by atoms with Crippen molar-refractivity contribution in [3.63, 3.8) is 0 Å². The van der Waals surface area contributed by atoms with Crippen LogP contribution in [0.2, 0.25) is 0 Å². The molecule has 0 radical (unpaired) electrons. The molecule has 2 aromatic rings. The minimum absolute atomic E-state index is 0.0221. The molecule has 0 saturated carbocycles. The van der Waals surface area contributed by atoms with Crippen molar-refractivity contribution >= 4 is 18.0 Å². The Bertz CT molecular complexity index is 1030. The smallest absolute Gasteiger partial charge is 0.410 e. The molecule has 1 aliphatic rings. The van der Waals surface area contributed by atoms with Gasteiger partial charge in [0.15, 0.2) is 0 Å². The van der Waals surface area contributed by atoms with Crippen LogP contribution in [0.4, 0.5) is 4.79 Å². The number of rotatable bonds is 11. The Labute approximate surface area is 212 Å². The molecular formula is C28H36N2O6. The molecule has 0 heterocycles. The highest BCUT2D eigenvalue weighted by Gasteiger charge is 2.31. The summed E-state index contributed by atoms with van der Waals surface area (Å²) in [4.78, 5) is 37.6. The van der Waals surface area contributed by atoms with Crippen LogP contribution >= 0.6 is 0 Å². The number of fused-ring (bicyclic) bond motifs is 3. The topological polar surface area (TPSA) is 105 Å². The summed E-state index contributed by atoms with van der Waals surface area (Å²) >= 11 is 0. The van der Waals surface area contributed by atoms with E-state index >= 15 is 0 Å². The SMILES string of the molecule is CN(C(=O)OCC1c2ccccc2-c2ccccc21)[C@@H](CCCCNC(=O)COC(C)(C)C)C(=O)O. The Morgan fingerprint density at radius 2 is 1.58 bits per heavy atom. The van der Waals surface area contributed by atoms with Gasteiger partial charge in [-0.1, -0.05) is 48.5 Å². The Hall–Kier alpha value is -3.39. The highest BCUT2D eigenvalue weighted by Crippen LogP contribution is 2.44. The molecular weight excluding hydrogens is 460 g/mol. The lowest BCUT2D eigenvalue weighted by molar-refractivity contribution is -0.142. The van der Waals surface area contributed by atoms with Gasteiger partial charge in [-0.2, -0.15) is 0 Å². The van der Waals surface area contributed by atoms with Gasteiger partial charge in [-0.3, -0.25) is 9.69 Å². The first-order valence-electron chi connectivity index (χ1n) is 12.3. The van der Waals surface area contributed by atoms with Crippen molar-refractivity contribution in [1.29, 1.82) is 0 Å². The number of likely N-dealkylation sites (N-methyl/N-ethyl adjacent to an activating group) is 1. The number of carboxylic acid groups (broad SMARTS) is 1. The van der Waals surface area contributed by atoms with Crippen LogP contribution in [0.1, 0.15) is 57.1 Å². The molecule has 0 spiro atoms. The molecule has 1 aliphatic carbocycles. The third-order valence-corrected chi connectivity index (χ3v) is 6.24. The molecule has 1 atom stereocenters. The van der Waals surface area contributed by atoms with Gasteiger partial charge >= 0.3 is 12.1 Å². The van der Waals surface area contributed by atoms with E-state index in [1.54, 1.807) is 0 Å². The number of carbonyl (C=O) groups is 3. The minimum atomic E-state index is -1.09. The summed E-state index contributed by atoms with van der Waals surface area (Å²) < 4.78 is 11.0. The van der Waals surface area contributed by atoms with Crippen LogP contribution in [0, 0.1) is 0 Å². The van der Waals surface area contributed by atoms with E-state index in [0.717, 1.165) is 27.2 Å². The van der Waals surface area contributed by atoms with Gasteiger partial charge in [-0.05, 0) is 62.3 Å². The second-order valence-corrected chi connectivity index (χ2v) is 10.0. The number of nitrogens with one attached hydrogen (secondary N) is 1. The van der Waals surface area contributed by atoms with Crippen LogP contribution in [0.5, 0.6) is 0 Å². The molecule has 0 saturated heterocycles. The zero-order valence-corrected chi connectivity index (χ0v) is 21.5. The van der Waals surface area contributed by atoms with E-state index in [-0.39, 0.29) is 31.5 Å². The van der Waals surface area contributed by atoms with Crippen molar-refractivity contribution in [2.45, 2.75) is 57.6 Å². The quantitative estimate of drug-likeness (QED) is 0.446. The maximum atomic E-state index is 12.8. The van der Waals surface area contributed by atoms with E-state index in [1.807, 2.05) is 57.2 Å². The highest BCUT2D eigenvalue weighted by atomic mass is 16.6. The van der Waals surface area contributed by atoms with Crippen molar-refractivity contribution < 1.29 is 29.0 Å². The zero-order chi connectivity index (χ0) is 26.3. The van der Waals surface area contributed by atoms with E-state index < -0.39 is 23.7 Å². The van der Waals surface area contributed by atoms with Crippen molar-refractivity contribution in [3.05, 3.63) is 59.7 Å². The molecule has 36 heavy (non-hydrogen) atoms. The molecule has 2 amide bonds. The third-order valence-electron chi connectivity index (χ3n) is 6.24. The molecule has 194 valence electrons. The third kappa shape index (κ3) is 7.07. The number of ether oxygens (including phenoxy) is 2. The number of hydrogen-bond acceptors (Lipinski definition) is 5. The number of carboxylic acids is 1. The molecule has 3 rings (SSSR count). The molecule has 2 N–H and O–H groups in total. The zero-order valence-electron chi connectivity index (χ0n) is 21.5. The van der Waals surface area contributed by atoms with Crippen LogP contribution < -0.4 is 5.32 Å². The molecule has 2 aromatic carbocycles. The molecule has 0 bridgehead atoms. The van der Waals surface area contributed by atoms with Crippen molar-refractivity contribution in [1.82, 2.24) is 10.2 Å². The van der Waals surface area contributed by atoms with Gasteiger partial charge in [0.05, 0.1) is 5.60 Å². The number of nitrogens with zero attached hydrogens (tertiary/aromatic N) is 1. The Morgan fingerprint density at radius 3 is 2.14 bits per heavy atom. The monoisotopic (exact) mass is 496 g/mol. The first kappa shape index (κ1) is 27.2. The molecule has 0 fully saturated rings. The van der Waals surface area contributed by atoms with Gasteiger partial charge in [0.1, 0.15) is 19.3 Å². The van der Waals surface area contributed by atoms with Crippen LogP contribution in [-0.4, -0.2) is 66.4 Å². The number of unbranched alkanes of at least 4 members (excludes halogenated alkanes) is 1. The lowest BCUT2D eigenvalue weighted by Crippen LogP contribution is -2.43. The summed E-state index contributed by atoms with van der Waals surface area (Å²) in [5.74, 6) is -1.40. The minimum Gasteiger partial charge on any atom is -0.480 e. The van der Waals surface area contributed by atoms with Gasteiger partial charge in [0, 0.05) is 19.5 Å². The Kier molecular flexibility index (Phi) is 9.09. The Balaban J connectivity index is 1.48. The summed E-state index contributed by atoms with van der Waals surface area (Å²) in [5.41, 5.74) is 4.05.